The summed E-state index contributed by atoms with van der Waals surface area (Å²) < 4.78 is 15.3. The van der Waals surface area contributed by atoms with Crippen LogP contribution in [-0.2, 0) is 27.5 Å². The maximum absolute atomic E-state index is 11.6. The largest absolute Gasteiger partial charge is 0.497 e. The number of aromatic amines is 1. The first kappa shape index (κ1) is 60.9. The fraction of sp³-hybridized carbons (Fsp3) is 0.106. The molecular weight excluding hydrogens is 1140 g/mol. The average Bonchev–Trinajstić information content (AvgIpc) is 3.84. The number of aromatic nitrogens is 7. The standard InChI is InChI=1S/C25H23N3O2.C17H15N3O.C15H14BrN3O.C9H10BNO3/c1-4-25(29)26-21-7-5-6-19(14-21)20-10-13-24-23(15-20)17(2)27-28(24)16-18-8-11-22(30-3)12-9-18;1-3-17(21)18-14-6-4-5-12(9-14)13-7-8-16-15(10-13)11(2)19-20-16;1-10-14-7-12(16)8-17-15(14)19(18-10)9-11-3-5-13(20-2)6-4-11;1-2-9(12)11-8-5-3-4-7(6-8)10(13)14/h4-15H,1,16H2,2-3H3,(H,26,29);3-10H,1H2,2H3,(H,18,21)(H,19,20);3-8H,9H2,1-2H3;2-6,13-14H,1H2,(H,11,12). The second-order valence-electron chi connectivity index (χ2n) is 19.3. The molecule has 0 atom stereocenters. The van der Waals surface area contributed by atoms with Gasteiger partial charge in [-0.15, -0.1) is 0 Å². The number of benzene rings is 7. The molecule has 3 amide bonds. The number of hydrogen-bond acceptors (Lipinski definition) is 11. The van der Waals surface area contributed by atoms with Gasteiger partial charge in [0.1, 0.15) is 11.5 Å². The highest BCUT2D eigenvalue weighted by Gasteiger charge is 2.14. The number of nitrogens with one attached hydrogen (secondary N) is 4. The van der Waals surface area contributed by atoms with Crippen LogP contribution < -0.4 is 30.9 Å². The van der Waals surface area contributed by atoms with Gasteiger partial charge in [-0.05, 0) is 185 Å². The molecule has 19 heteroatoms. The van der Waals surface area contributed by atoms with Gasteiger partial charge in [-0.2, -0.15) is 15.3 Å². The maximum atomic E-state index is 11.6. The van der Waals surface area contributed by atoms with Gasteiger partial charge in [0, 0.05) is 49.6 Å². The molecule has 0 spiro atoms. The van der Waals surface area contributed by atoms with Crippen molar-refractivity contribution < 1.29 is 33.9 Å². The molecule has 11 aromatic rings. The van der Waals surface area contributed by atoms with Crippen molar-refractivity contribution in [3.63, 3.8) is 0 Å². The van der Waals surface area contributed by atoms with Gasteiger partial charge in [-0.3, -0.25) is 24.2 Å². The van der Waals surface area contributed by atoms with E-state index in [-0.39, 0.29) is 17.7 Å². The van der Waals surface area contributed by atoms with Crippen molar-refractivity contribution in [2.75, 3.05) is 30.2 Å². The molecule has 0 unspecified atom stereocenters. The zero-order valence-electron chi connectivity index (χ0n) is 47.5. The van der Waals surface area contributed by atoms with E-state index < -0.39 is 7.12 Å². The van der Waals surface area contributed by atoms with E-state index in [1.54, 1.807) is 38.6 Å². The predicted molar refractivity (Wildman–Crippen MR) is 343 cm³/mol. The monoisotopic (exact) mass is 1200 g/mol. The zero-order valence-corrected chi connectivity index (χ0v) is 49.1. The van der Waals surface area contributed by atoms with E-state index in [4.69, 9.17) is 24.6 Å². The number of fused-ring (bicyclic) bond motifs is 3. The third kappa shape index (κ3) is 16.1. The Balaban J connectivity index is 0.000000153. The van der Waals surface area contributed by atoms with Crippen LogP contribution in [-0.4, -0.2) is 83.8 Å². The lowest BCUT2D eigenvalue weighted by molar-refractivity contribution is -0.112. The molecule has 0 saturated heterocycles. The molecule has 0 aliphatic rings. The first-order valence-electron chi connectivity index (χ1n) is 26.7. The Labute approximate surface area is 500 Å². The Bertz CT molecular complexity index is 4190. The van der Waals surface area contributed by atoms with Crippen LogP contribution in [0.4, 0.5) is 17.1 Å². The van der Waals surface area contributed by atoms with E-state index in [9.17, 15) is 14.4 Å². The van der Waals surface area contributed by atoms with Gasteiger partial charge >= 0.3 is 7.12 Å². The third-order valence-electron chi connectivity index (χ3n) is 13.3. The van der Waals surface area contributed by atoms with E-state index in [0.717, 1.165) is 111 Å². The third-order valence-corrected chi connectivity index (χ3v) is 13.8. The number of carbonyl (C=O) groups is 3. The Morgan fingerprint density at radius 1 is 0.576 bits per heavy atom. The molecule has 428 valence electrons. The van der Waals surface area contributed by atoms with Gasteiger partial charge in [0.25, 0.3) is 0 Å². The summed E-state index contributed by atoms with van der Waals surface area (Å²) in [5.74, 6) is 0.926. The summed E-state index contributed by atoms with van der Waals surface area (Å²) in [4.78, 5) is 38.3. The molecule has 11 rings (SSSR count). The van der Waals surface area contributed by atoms with Gasteiger partial charge in [0.05, 0.1) is 49.7 Å². The number of aryl methyl sites for hydroxylation is 3. The summed E-state index contributed by atoms with van der Waals surface area (Å²) >= 11 is 3.45. The van der Waals surface area contributed by atoms with Crippen LogP contribution in [0, 0.1) is 20.8 Å². The molecule has 0 saturated carbocycles. The van der Waals surface area contributed by atoms with Crippen LogP contribution in [0.2, 0.25) is 0 Å². The molecular formula is C66H62BBrN10O7. The van der Waals surface area contributed by atoms with E-state index in [2.05, 4.69) is 114 Å². The second kappa shape index (κ2) is 28.7. The maximum Gasteiger partial charge on any atom is 0.488 e. The summed E-state index contributed by atoms with van der Waals surface area (Å²) in [5.41, 5.74) is 14.8. The SMILES string of the molecule is C=CC(=O)Nc1cccc(-c2ccc3c(c2)c(C)nn3Cc2ccc(OC)cc2)c1.C=CC(=O)Nc1cccc(-c2ccc3n[nH]c(C)c3c2)c1.C=CC(=O)Nc1cccc(B(O)O)c1.COc1ccc(Cn2nc(C)c3cc(Br)cnc32)cc1. The van der Waals surface area contributed by atoms with Crippen molar-refractivity contribution in [2.45, 2.75) is 33.9 Å². The molecule has 4 aromatic heterocycles. The van der Waals surface area contributed by atoms with Crippen molar-refractivity contribution >= 4 is 96.1 Å². The van der Waals surface area contributed by atoms with Crippen LogP contribution in [0.25, 0.3) is 55.1 Å². The number of rotatable bonds is 15. The number of carbonyl (C=O) groups excluding carboxylic acids is 3. The number of ether oxygens (including phenoxy) is 2. The van der Waals surface area contributed by atoms with Gasteiger partial charge in [-0.25, -0.2) is 9.67 Å². The molecule has 0 radical (unpaired) electrons. The zero-order chi connectivity index (χ0) is 60.6. The summed E-state index contributed by atoms with van der Waals surface area (Å²) in [7, 11) is 1.80. The van der Waals surface area contributed by atoms with E-state index in [0.29, 0.717) is 24.2 Å². The van der Waals surface area contributed by atoms with Crippen LogP contribution >= 0.6 is 15.9 Å². The molecule has 0 fully saturated rings. The minimum atomic E-state index is -1.53. The van der Waals surface area contributed by atoms with Crippen molar-refractivity contribution in [3.8, 4) is 33.8 Å². The molecule has 0 bridgehead atoms. The van der Waals surface area contributed by atoms with Gasteiger partial charge < -0.3 is 35.5 Å². The first-order valence-corrected chi connectivity index (χ1v) is 27.5. The Hall–Kier alpha value is -10.2. The molecule has 4 heterocycles. The summed E-state index contributed by atoms with van der Waals surface area (Å²) in [6, 6.07) is 52.3. The van der Waals surface area contributed by atoms with Crippen molar-refractivity contribution in [1.82, 2.24) is 34.7 Å². The molecule has 0 aliphatic heterocycles. The molecule has 0 aliphatic carbocycles. The van der Waals surface area contributed by atoms with Crippen LogP contribution in [0.15, 0.2) is 212 Å². The van der Waals surface area contributed by atoms with Crippen LogP contribution in [0.3, 0.4) is 0 Å². The fourth-order valence-electron chi connectivity index (χ4n) is 8.97. The highest BCUT2D eigenvalue weighted by atomic mass is 79.9. The molecule has 85 heavy (non-hydrogen) atoms. The number of halogens is 1. The molecule has 17 nitrogen and oxygen atoms in total. The van der Waals surface area contributed by atoms with Gasteiger partial charge in [0.15, 0.2) is 5.65 Å². The lowest BCUT2D eigenvalue weighted by Crippen LogP contribution is -2.29. The van der Waals surface area contributed by atoms with Crippen LogP contribution in [0.1, 0.15) is 28.2 Å². The molecule has 7 aromatic carbocycles. The van der Waals surface area contributed by atoms with Crippen molar-refractivity contribution in [1.29, 1.82) is 0 Å². The lowest BCUT2D eigenvalue weighted by Gasteiger charge is -2.08. The Morgan fingerprint density at radius 3 is 1.58 bits per heavy atom. The van der Waals surface area contributed by atoms with Gasteiger partial charge in [-0.1, -0.05) is 92.5 Å². The summed E-state index contributed by atoms with van der Waals surface area (Å²) in [5, 5.41) is 45.6. The Morgan fingerprint density at radius 2 is 1.05 bits per heavy atom. The van der Waals surface area contributed by atoms with Crippen molar-refractivity contribution in [2.24, 2.45) is 0 Å². The number of methoxy groups -OCH3 is 2. The average molecular weight is 1200 g/mol. The normalized spacial score (nSPS) is 10.5. The fourth-order valence-corrected chi connectivity index (χ4v) is 9.30. The summed E-state index contributed by atoms with van der Waals surface area (Å²) in [6.07, 6.45) is 5.46. The quantitative estimate of drug-likeness (QED) is 0.0418. The number of amides is 3. The van der Waals surface area contributed by atoms with Gasteiger partial charge in [0.2, 0.25) is 17.7 Å². The number of hydrogen-bond donors (Lipinski definition) is 6. The lowest BCUT2D eigenvalue weighted by atomic mass is 9.80. The minimum absolute atomic E-state index is 0.215. The van der Waals surface area contributed by atoms with Crippen LogP contribution in [0.5, 0.6) is 11.5 Å². The predicted octanol–water partition coefficient (Wildman–Crippen LogP) is 11.9. The number of nitrogens with zero attached hydrogens (tertiary/aromatic N) is 6. The highest BCUT2D eigenvalue weighted by molar-refractivity contribution is 9.10. The summed E-state index contributed by atoms with van der Waals surface area (Å²) in [6.45, 7) is 17.7. The number of H-pyrrole nitrogens is 1. The first-order chi connectivity index (χ1) is 41.0. The number of pyridine rings is 1. The molecule has 6 N–H and O–H groups in total. The Kier molecular flexibility index (Phi) is 20.5. The highest BCUT2D eigenvalue weighted by Crippen LogP contribution is 2.30. The number of anilines is 3. The van der Waals surface area contributed by atoms with E-state index in [1.165, 1.54) is 23.8 Å². The minimum Gasteiger partial charge on any atom is -0.497 e. The van der Waals surface area contributed by atoms with E-state index >= 15 is 0 Å². The topological polar surface area (TPSA) is 223 Å². The van der Waals surface area contributed by atoms with E-state index in [1.807, 2.05) is 127 Å². The van der Waals surface area contributed by atoms with Crippen molar-refractivity contribution in [3.05, 3.63) is 241 Å². The smallest absolute Gasteiger partial charge is 0.488 e. The second-order valence-corrected chi connectivity index (χ2v) is 20.2.